The predicted molar refractivity (Wildman–Crippen MR) is 70.7 cm³/mol. The van der Waals surface area contributed by atoms with Gasteiger partial charge in [0.15, 0.2) is 0 Å². The summed E-state index contributed by atoms with van der Waals surface area (Å²) < 4.78 is 17.2. The van der Waals surface area contributed by atoms with Crippen LogP contribution in [0, 0.1) is 0 Å². The third-order valence-corrected chi connectivity index (χ3v) is 3.54. The van der Waals surface area contributed by atoms with Crippen LogP contribution in [0.25, 0.3) is 5.52 Å². The fourth-order valence-electron chi connectivity index (χ4n) is 1.28. The Morgan fingerprint density at radius 2 is 2.18 bits per heavy atom. The fourth-order valence-corrected chi connectivity index (χ4v) is 1.80. The molecule has 0 spiro atoms. The molecule has 0 radical (unpaired) electrons. The molecule has 0 saturated heterocycles. The highest BCUT2D eigenvalue weighted by Crippen LogP contribution is 2.16. The molecule has 5 heteroatoms. The van der Waals surface area contributed by atoms with Crippen molar-refractivity contribution in [3.63, 3.8) is 0 Å². The standard InChI is InChI=1S/C12H15N3OS/c1-12(2,3)17(16)13-9-10-8-11-6-4-5-7-15(11)14-10/h4-9H,1-3H3/b13-9+. The molecule has 0 fully saturated rings. The van der Waals surface area contributed by atoms with Gasteiger partial charge >= 0.3 is 0 Å². The number of fused-ring (bicyclic) bond motifs is 1. The van der Waals surface area contributed by atoms with E-state index in [0.29, 0.717) is 5.69 Å². The monoisotopic (exact) mass is 249 g/mol. The van der Waals surface area contributed by atoms with Crippen LogP contribution in [-0.4, -0.2) is 25.1 Å². The van der Waals surface area contributed by atoms with Crippen LogP contribution >= 0.6 is 0 Å². The molecule has 1 atom stereocenters. The van der Waals surface area contributed by atoms with Crippen LogP contribution in [0.2, 0.25) is 0 Å². The van der Waals surface area contributed by atoms with Crippen molar-refractivity contribution in [1.29, 1.82) is 0 Å². The van der Waals surface area contributed by atoms with Gasteiger partial charge in [-0.3, -0.25) is 0 Å². The maximum atomic E-state index is 11.7. The topological polar surface area (TPSA) is 52.7 Å². The van der Waals surface area contributed by atoms with Crippen molar-refractivity contribution < 1.29 is 4.55 Å². The zero-order chi connectivity index (χ0) is 12.5. The molecule has 2 rings (SSSR count). The van der Waals surface area contributed by atoms with Gasteiger partial charge in [-0.2, -0.15) is 5.10 Å². The Hall–Kier alpha value is -1.33. The Morgan fingerprint density at radius 3 is 2.82 bits per heavy atom. The second kappa shape index (κ2) is 4.50. The predicted octanol–water partition coefficient (Wildman–Crippen LogP) is 2.22. The van der Waals surface area contributed by atoms with Crippen molar-refractivity contribution in [2.45, 2.75) is 25.5 Å². The minimum Gasteiger partial charge on any atom is -0.591 e. The summed E-state index contributed by atoms with van der Waals surface area (Å²) in [7, 11) is 0. The first-order valence-corrected chi connectivity index (χ1v) is 6.48. The smallest absolute Gasteiger partial charge is 0.144 e. The van der Waals surface area contributed by atoms with E-state index in [1.165, 1.54) is 0 Å². The van der Waals surface area contributed by atoms with Crippen molar-refractivity contribution in [3.05, 3.63) is 36.2 Å². The van der Waals surface area contributed by atoms with Gasteiger partial charge in [0.1, 0.15) is 28.0 Å². The van der Waals surface area contributed by atoms with Gasteiger partial charge in [0.05, 0.1) is 5.52 Å². The number of hydrogen-bond donors (Lipinski definition) is 0. The summed E-state index contributed by atoms with van der Waals surface area (Å²) in [6.07, 6.45) is 3.43. The van der Waals surface area contributed by atoms with Crippen LogP contribution in [0.1, 0.15) is 26.5 Å². The van der Waals surface area contributed by atoms with Crippen LogP contribution in [0.3, 0.4) is 0 Å². The van der Waals surface area contributed by atoms with Crippen LogP contribution in [0.15, 0.2) is 34.9 Å². The van der Waals surface area contributed by atoms with Gasteiger partial charge in [-0.25, -0.2) is 4.52 Å². The number of pyridine rings is 1. The molecule has 0 bridgehead atoms. The number of hydrogen-bond acceptors (Lipinski definition) is 3. The van der Waals surface area contributed by atoms with E-state index in [4.69, 9.17) is 0 Å². The maximum absolute atomic E-state index is 11.7. The summed E-state index contributed by atoms with van der Waals surface area (Å²) in [4.78, 5) is 0. The van der Waals surface area contributed by atoms with Gasteiger partial charge in [0.25, 0.3) is 0 Å². The molecule has 17 heavy (non-hydrogen) atoms. The number of rotatable bonds is 2. The van der Waals surface area contributed by atoms with Gasteiger partial charge in [-0.05, 0) is 39.0 Å². The quantitative estimate of drug-likeness (QED) is 0.605. The molecule has 90 valence electrons. The van der Waals surface area contributed by atoms with Crippen LogP contribution in [-0.2, 0) is 11.4 Å². The van der Waals surface area contributed by atoms with E-state index in [1.54, 1.807) is 10.7 Å². The van der Waals surface area contributed by atoms with Crippen LogP contribution in [0.5, 0.6) is 0 Å². The molecule has 1 unspecified atom stereocenters. The lowest BCUT2D eigenvalue weighted by molar-refractivity contribution is 0.562. The average molecular weight is 249 g/mol. The number of nitrogens with zero attached hydrogens (tertiary/aromatic N) is 3. The summed E-state index contributed by atoms with van der Waals surface area (Å²) in [5, 5.41) is 4.30. The average Bonchev–Trinajstić information content (AvgIpc) is 2.66. The van der Waals surface area contributed by atoms with Gasteiger partial charge in [0.2, 0.25) is 0 Å². The van der Waals surface area contributed by atoms with E-state index in [1.807, 2.05) is 51.2 Å². The van der Waals surface area contributed by atoms with Crippen molar-refractivity contribution in [3.8, 4) is 0 Å². The van der Waals surface area contributed by atoms with E-state index in [2.05, 4.69) is 9.50 Å². The Labute approximate surface area is 104 Å². The van der Waals surface area contributed by atoms with E-state index in [0.717, 1.165) is 5.52 Å². The molecule has 0 aliphatic carbocycles. The molecule has 0 aliphatic heterocycles. The molecular weight excluding hydrogens is 234 g/mol. The maximum Gasteiger partial charge on any atom is 0.144 e. The molecule has 2 aromatic rings. The van der Waals surface area contributed by atoms with Gasteiger partial charge < -0.3 is 4.55 Å². The lowest BCUT2D eigenvalue weighted by atomic mass is 10.3. The summed E-state index contributed by atoms with van der Waals surface area (Å²) in [6.45, 7) is 5.68. The Kier molecular flexibility index (Phi) is 3.22. The molecule has 0 amide bonds. The first-order chi connectivity index (χ1) is 7.97. The lowest BCUT2D eigenvalue weighted by Gasteiger charge is -2.17. The Bertz CT molecular complexity index is 509. The van der Waals surface area contributed by atoms with E-state index >= 15 is 0 Å². The fraction of sp³-hybridized carbons (Fsp3) is 0.333. The Morgan fingerprint density at radius 1 is 1.41 bits per heavy atom. The summed E-state index contributed by atoms with van der Waals surface area (Å²) in [6, 6.07) is 7.73. The molecular formula is C12H15N3OS. The zero-order valence-electron chi connectivity index (χ0n) is 10.1. The summed E-state index contributed by atoms with van der Waals surface area (Å²) in [5.41, 5.74) is 1.71. The third kappa shape index (κ3) is 2.87. The summed E-state index contributed by atoms with van der Waals surface area (Å²) in [5.74, 6) is 0. The van der Waals surface area contributed by atoms with E-state index in [-0.39, 0.29) is 4.75 Å². The zero-order valence-corrected chi connectivity index (χ0v) is 10.9. The van der Waals surface area contributed by atoms with Crippen molar-refractivity contribution in [1.82, 2.24) is 9.61 Å². The van der Waals surface area contributed by atoms with Crippen LogP contribution < -0.4 is 0 Å². The molecule has 2 aromatic heterocycles. The highest BCUT2D eigenvalue weighted by Gasteiger charge is 2.25. The summed E-state index contributed by atoms with van der Waals surface area (Å²) >= 11 is -1.24. The SMILES string of the molecule is CC(C)(C)[S+]([O-])/N=C/c1cc2ccccn2n1. The third-order valence-electron chi connectivity index (χ3n) is 2.19. The lowest BCUT2D eigenvalue weighted by Crippen LogP contribution is -2.25. The normalized spacial score (nSPS) is 14.6. The number of aromatic nitrogens is 2. The van der Waals surface area contributed by atoms with Crippen molar-refractivity contribution in [2.75, 3.05) is 0 Å². The highest BCUT2D eigenvalue weighted by molar-refractivity contribution is 7.91. The van der Waals surface area contributed by atoms with Crippen LogP contribution in [0.4, 0.5) is 0 Å². The molecule has 0 aliphatic rings. The largest absolute Gasteiger partial charge is 0.591 e. The van der Waals surface area contributed by atoms with E-state index < -0.39 is 11.4 Å². The highest BCUT2D eigenvalue weighted by atomic mass is 32.2. The first-order valence-electron chi connectivity index (χ1n) is 5.37. The van der Waals surface area contributed by atoms with E-state index in [9.17, 15) is 4.55 Å². The van der Waals surface area contributed by atoms with Gasteiger partial charge in [-0.1, -0.05) is 10.5 Å². The molecule has 2 heterocycles. The van der Waals surface area contributed by atoms with Gasteiger partial charge in [-0.15, -0.1) is 0 Å². The van der Waals surface area contributed by atoms with Crippen molar-refractivity contribution >= 4 is 23.1 Å². The second-order valence-electron chi connectivity index (χ2n) is 4.74. The molecule has 0 aromatic carbocycles. The Balaban J connectivity index is 2.21. The second-order valence-corrected chi connectivity index (χ2v) is 6.67. The molecule has 4 nitrogen and oxygen atoms in total. The minimum absolute atomic E-state index is 0.338. The molecule has 0 N–H and O–H groups in total. The van der Waals surface area contributed by atoms with Crippen molar-refractivity contribution in [2.24, 2.45) is 4.40 Å². The minimum atomic E-state index is -1.24. The van der Waals surface area contributed by atoms with Gasteiger partial charge in [0, 0.05) is 6.20 Å². The first kappa shape index (κ1) is 12.1. The molecule has 0 saturated carbocycles.